The summed E-state index contributed by atoms with van der Waals surface area (Å²) in [5.41, 5.74) is 14.8. The van der Waals surface area contributed by atoms with Gasteiger partial charge in [0.1, 0.15) is 0 Å². The van der Waals surface area contributed by atoms with E-state index in [0.717, 1.165) is 50.1 Å². The molecule has 2 aromatic heterocycles. The molecule has 47 heavy (non-hydrogen) atoms. The van der Waals surface area contributed by atoms with Crippen LogP contribution in [0.2, 0.25) is 0 Å². The summed E-state index contributed by atoms with van der Waals surface area (Å²) in [5.74, 6) is 0. The first kappa shape index (κ1) is 28.4. The highest BCUT2D eigenvalue weighted by Crippen LogP contribution is 2.43. The second kappa shape index (κ2) is 10.5. The molecule has 0 bridgehead atoms. The van der Waals surface area contributed by atoms with Crippen LogP contribution in [0.15, 0.2) is 103 Å². The first-order valence-electron chi connectivity index (χ1n) is 15.9. The van der Waals surface area contributed by atoms with Gasteiger partial charge in [-0.1, -0.05) is 54.6 Å². The smallest absolute Gasteiger partial charge is 0.197 e. The molecule has 6 aromatic carbocycles. The van der Waals surface area contributed by atoms with Gasteiger partial charge in [-0.05, 0) is 122 Å². The van der Waals surface area contributed by atoms with Crippen molar-refractivity contribution in [3.63, 3.8) is 0 Å². The van der Waals surface area contributed by atoms with Crippen molar-refractivity contribution in [2.45, 2.75) is 34.6 Å². The quantitative estimate of drug-likeness (QED) is 0.185. The third kappa shape index (κ3) is 4.42. The zero-order valence-corrected chi connectivity index (χ0v) is 27.1. The number of hydrogen-bond acceptors (Lipinski definition) is 1. The number of fused-ring (bicyclic) bond motifs is 6. The van der Waals surface area contributed by atoms with Gasteiger partial charge in [-0.2, -0.15) is 5.26 Å². The first-order valence-corrected chi connectivity index (χ1v) is 15.9. The summed E-state index contributed by atoms with van der Waals surface area (Å²) in [6.07, 6.45) is 0. The van der Waals surface area contributed by atoms with Crippen LogP contribution < -0.4 is 0 Å². The Morgan fingerprint density at radius 3 is 1.34 bits per heavy atom. The Morgan fingerprint density at radius 2 is 0.936 bits per heavy atom. The number of rotatable bonds is 3. The molecule has 0 fully saturated rings. The standard InChI is InChI=1S/C43H32N4/c1-25-7-11-32-33-12-8-26(2)18-39(33)46(38(32)17-25)42-22-36(31-16-29(5)15-30(21-31)24-44)37(45-6)23-43(42)47-40-19-27(3)9-13-34(40)35-14-10-28(4)20-41(35)47/h7-23H,1-5H3. The Balaban J connectivity index is 1.61. The molecule has 0 atom stereocenters. The molecule has 0 N–H and O–H groups in total. The molecule has 0 saturated heterocycles. The van der Waals surface area contributed by atoms with Gasteiger partial charge in [0.2, 0.25) is 0 Å². The average Bonchev–Trinajstić information content (AvgIpc) is 3.53. The van der Waals surface area contributed by atoms with Crippen LogP contribution in [0.25, 0.3) is 71.0 Å². The molecule has 8 rings (SSSR count). The molecule has 0 unspecified atom stereocenters. The zero-order valence-electron chi connectivity index (χ0n) is 27.1. The van der Waals surface area contributed by atoms with Crippen LogP contribution in [0.5, 0.6) is 0 Å². The Kier molecular flexibility index (Phi) is 6.33. The van der Waals surface area contributed by atoms with E-state index in [4.69, 9.17) is 6.57 Å². The van der Waals surface area contributed by atoms with Crippen LogP contribution in [0, 0.1) is 52.5 Å². The van der Waals surface area contributed by atoms with E-state index in [1.807, 2.05) is 19.1 Å². The number of aryl methyl sites for hydroxylation is 5. The lowest BCUT2D eigenvalue weighted by atomic mass is 9.97. The highest BCUT2D eigenvalue weighted by atomic mass is 15.1. The number of nitriles is 1. The minimum Gasteiger partial charge on any atom is -0.308 e. The monoisotopic (exact) mass is 604 g/mol. The third-order valence-corrected chi connectivity index (χ3v) is 9.37. The molecule has 0 radical (unpaired) electrons. The molecule has 0 saturated carbocycles. The van der Waals surface area contributed by atoms with Crippen LogP contribution in [0.3, 0.4) is 0 Å². The van der Waals surface area contributed by atoms with Crippen molar-refractivity contribution in [3.8, 4) is 28.6 Å². The van der Waals surface area contributed by atoms with E-state index in [2.05, 4.69) is 139 Å². The Hall–Kier alpha value is -6.10. The van der Waals surface area contributed by atoms with Crippen LogP contribution in [-0.2, 0) is 0 Å². The number of hydrogen-bond donors (Lipinski definition) is 0. The minimum absolute atomic E-state index is 0.543. The number of benzene rings is 6. The van der Waals surface area contributed by atoms with E-state index in [-0.39, 0.29) is 0 Å². The first-order chi connectivity index (χ1) is 22.7. The number of nitrogens with zero attached hydrogens (tertiary/aromatic N) is 4. The average molecular weight is 605 g/mol. The maximum absolute atomic E-state index is 9.85. The van der Waals surface area contributed by atoms with Gasteiger partial charge in [0.05, 0.1) is 51.6 Å². The van der Waals surface area contributed by atoms with Crippen molar-refractivity contribution in [1.29, 1.82) is 5.26 Å². The van der Waals surface area contributed by atoms with Gasteiger partial charge in [0.25, 0.3) is 0 Å². The Morgan fingerprint density at radius 1 is 0.511 bits per heavy atom. The molecule has 0 amide bonds. The molecule has 4 heteroatoms. The van der Waals surface area contributed by atoms with E-state index in [0.29, 0.717) is 11.3 Å². The van der Waals surface area contributed by atoms with Crippen LogP contribution >= 0.6 is 0 Å². The molecule has 0 spiro atoms. The lowest BCUT2D eigenvalue weighted by Gasteiger charge is -2.20. The Labute approximate surface area is 274 Å². The SMILES string of the molecule is [C-]#[N+]c1cc(-n2c3cc(C)ccc3c3ccc(C)cc32)c(-n2c3cc(C)ccc3c3ccc(C)cc32)cc1-c1cc(C)cc(C#N)c1. The lowest BCUT2D eigenvalue weighted by molar-refractivity contribution is 1.09. The summed E-state index contributed by atoms with van der Waals surface area (Å²) < 4.78 is 4.72. The minimum atomic E-state index is 0.543. The zero-order chi connectivity index (χ0) is 32.6. The van der Waals surface area contributed by atoms with Crippen molar-refractivity contribution < 1.29 is 0 Å². The van der Waals surface area contributed by atoms with Gasteiger partial charge in [-0.15, -0.1) is 0 Å². The van der Waals surface area contributed by atoms with Gasteiger partial charge in [-0.3, -0.25) is 0 Å². The van der Waals surface area contributed by atoms with E-state index in [1.165, 1.54) is 43.8 Å². The fourth-order valence-corrected chi connectivity index (χ4v) is 7.25. The molecule has 0 aliphatic carbocycles. The molecule has 4 nitrogen and oxygen atoms in total. The second-order valence-corrected chi connectivity index (χ2v) is 12.9. The molecular weight excluding hydrogens is 573 g/mol. The predicted molar refractivity (Wildman–Crippen MR) is 195 cm³/mol. The van der Waals surface area contributed by atoms with Crippen molar-refractivity contribution in [2.75, 3.05) is 0 Å². The number of aromatic nitrogens is 2. The molecule has 0 aliphatic rings. The van der Waals surface area contributed by atoms with Gasteiger partial charge in [0.15, 0.2) is 5.69 Å². The maximum Gasteiger partial charge on any atom is 0.197 e. The van der Waals surface area contributed by atoms with E-state index in [9.17, 15) is 5.26 Å². The predicted octanol–water partition coefficient (Wildman–Crippen LogP) is 11.5. The van der Waals surface area contributed by atoms with Gasteiger partial charge >= 0.3 is 0 Å². The van der Waals surface area contributed by atoms with Crippen LogP contribution in [0.1, 0.15) is 33.4 Å². The van der Waals surface area contributed by atoms with Crippen molar-refractivity contribution in [2.24, 2.45) is 0 Å². The van der Waals surface area contributed by atoms with Crippen molar-refractivity contribution in [1.82, 2.24) is 9.13 Å². The van der Waals surface area contributed by atoms with E-state index >= 15 is 0 Å². The largest absolute Gasteiger partial charge is 0.308 e. The second-order valence-electron chi connectivity index (χ2n) is 12.9. The molecule has 0 aliphatic heterocycles. The fourth-order valence-electron chi connectivity index (χ4n) is 7.25. The Bertz CT molecular complexity index is 2580. The van der Waals surface area contributed by atoms with Gasteiger partial charge < -0.3 is 9.13 Å². The fraction of sp³-hybridized carbons (Fsp3) is 0.116. The summed E-state index contributed by atoms with van der Waals surface area (Å²) in [6, 6.07) is 39.0. The van der Waals surface area contributed by atoms with E-state index < -0.39 is 0 Å². The topological polar surface area (TPSA) is 38.0 Å². The molecule has 8 aromatic rings. The summed E-state index contributed by atoms with van der Waals surface area (Å²) in [7, 11) is 0. The third-order valence-electron chi connectivity index (χ3n) is 9.37. The van der Waals surface area contributed by atoms with Gasteiger partial charge in [-0.25, -0.2) is 4.85 Å². The normalized spacial score (nSPS) is 11.5. The van der Waals surface area contributed by atoms with Crippen molar-refractivity contribution in [3.05, 3.63) is 148 Å². The van der Waals surface area contributed by atoms with Crippen molar-refractivity contribution >= 4 is 49.3 Å². The summed E-state index contributed by atoms with van der Waals surface area (Å²) in [5, 5.41) is 14.6. The van der Waals surface area contributed by atoms with Crippen LogP contribution in [0.4, 0.5) is 5.69 Å². The van der Waals surface area contributed by atoms with Crippen LogP contribution in [-0.4, -0.2) is 9.13 Å². The lowest BCUT2D eigenvalue weighted by Crippen LogP contribution is -2.05. The molecule has 2 heterocycles. The highest BCUT2D eigenvalue weighted by molar-refractivity contribution is 6.12. The van der Waals surface area contributed by atoms with Gasteiger partial charge in [0, 0.05) is 21.5 Å². The maximum atomic E-state index is 9.85. The summed E-state index contributed by atoms with van der Waals surface area (Å²) in [6.45, 7) is 18.9. The summed E-state index contributed by atoms with van der Waals surface area (Å²) >= 11 is 0. The molecular formula is C43H32N4. The highest BCUT2D eigenvalue weighted by Gasteiger charge is 2.23. The van der Waals surface area contributed by atoms with E-state index in [1.54, 1.807) is 0 Å². The molecule has 224 valence electrons. The summed E-state index contributed by atoms with van der Waals surface area (Å²) in [4.78, 5) is 4.12.